The lowest BCUT2D eigenvalue weighted by atomic mass is 9.89. The number of halogens is 1. The number of hydrogen-bond acceptors (Lipinski definition) is 6. The van der Waals surface area contributed by atoms with E-state index in [0.29, 0.717) is 28.2 Å². The molecule has 1 N–H and O–H groups in total. The first-order valence-corrected chi connectivity index (χ1v) is 10.6. The van der Waals surface area contributed by atoms with Crippen molar-refractivity contribution in [1.82, 2.24) is 4.90 Å². The summed E-state index contributed by atoms with van der Waals surface area (Å²) in [4.78, 5) is 15.3. The molecule has 0 amide bonds. The van der Waals surface area contributed by atoms with Crippen LogP contribution in [0.25, 0.3) is 22.3 Å². The number of likely N-dealkylation sites (tertiary alicyclic amines) is 1. The summed E-state index contributed by atoms with van der Waals surface area (Å²) in [5, 5.41) is 10.4. The first kappa shape index (κ1) is 20.9. The van der Waals surface area contributed by atoms with E-state index in [-0.39, 0.29) is 24.0 Å². The number of rotatable bonds is 5. The molecule has 0 aliphatic carbocycles. The van der Waals surface area contributed by atoms with Gasteiger partial charge in [-0.05, 0) is 26.1 Å². The van der Waals surface area contributed by atoms with Gasteiger partial charge in [-0.2, -0.15) is 0 Å². The molecular weight excluding hydrogens is 450 g/mol. The van der Waals surface area contributed by atoms with E-state index in [2.05, 4.69) is 20.8 Å². The molecule has 1 aromatic heterocycles. The van der Waals surface area contributed by atoms with Crippen LogP contribution in [-0.2, 0) is 0 Å². The second kappa shape index (κ2) is 8.41. The van der Waals surface area contributed by atoms with Crippen molar-refractivity contribution >= 4 is 26.9 Å². The van der Waals surface area contributed by atoms with Crippen molar-refractivity contribution in [2.45, 2.75) is 18.4 Å². The van der Waals surface area contributed by atoms with Crippen molar-refractivity contribution in [1.29, 1.82) is 0 Å². The van der Waals surface area contributed by atoms with Crippen molar-refractivity contribution in [3.63, 3.8) is 0 Å². The minimum atomic E-state index is -0.186. The van der Waals surface area contributed by atoms with Gasteiger partial charge in [0.2, 0.25) is 0 Å². The highest BCUT2D eigenvalue weighted by molar-refractivity contribution is 9.10. The quantitative estimate of drug-likeness (QED) is 0.603. The lowest BCUT2D eigenvalue weighted by Crippen LogP contribution is -2.32. The fourth-order valence-electron chi connectivity index (χ4n) is 4.38. The van der Waals surface area contributed by atoms with Gasteiger partial charge < -0.3 is 23.9 Å². The molecule has 1 aliphatic rings. The number of likely N-dealkylation sites (N-methyl/N-ethyl adjacent to an activating group) is 1. The maximum atomic E-state index is 13.2. The van der Waals surface area contributed by atoms with E-state index in [0.717, 1.165) is 28.6 Å². The Labute approximate surface area is 183 Å². The molecule has 0 radical (unpaired) electrons. The van der Waals surface area contributed by atoms with Gasteiger partial charge in [0, 0.05) is 39.7 Å². The van der Waals surface area contributed by atoms with Gasteiger partial charge in [-0.25, -0.2) is 0 Å². The van der Waals surface area contributed by atoms with Gasteiger partial charge in [0.15, 0.2) is 5.43 Å². The standard InChI is InChI=1S/C23H24BrNO5/c1-25-9-8-14(16(25)12-26)21-19(28-2)11-20(29-3)22-17(27)10-18(30-23(21)22)13-6-4-5-7-15(13)24/h4-7,10-11,14,16,26H,8-9,12H2,1-3H3. The van der Waals surface area contributed by atoms with Gasteiger partial charge >= 0.3 is 0 Å². The van der Waals surface area contributed by atoms with Crippen molar-refractivity contribution in [3.8, 4) is 22.8 Å². The molecule has 30 heavy (non-hydrogen) atoms. The summed E-state index contributed by atoms with van der Waals surface area (Å²) < 4.78 is 18.4. The Morgan fingerprint density at radius 2 is 1.93 bits per heavy atom. The lowest BCUT2D eigenvalue weighted by Gasteiger charge is -2.25. The first-order chi connectivity index (χ1) is 14.5. The molecule has 7 heteroatoms. The molecule has 4 rings (SSSR count). The van der Waals surface area contributed by atoms with Crippen molar-refractivity contribution in [2.24, 2.45) is 0 Å². The van der Waals surface area contributed by atoms with E-state index in [9.17, 15) is 9.90 Å². The predicted octanol–water partition coefficient (Wildman–Crippen LogP) is 4.02. The maximum absolute atomic E-state index is 13.2. The average Bonchev–Trinajstić information content (AvgIpc) is 3.12. The van der Waals surface area contributed by atoms with Crippen molar-refractivity contribution < 1.29 is 19.0 Å². The Bertz CT molecular complexity index is 1140. The molecule has 1 fully saturated rings. The third-order valence-electron chi connectivity index (χ3n) is 5.93. The third-order valence-corrected chi connectivity index (χ3v) is 6.62. The molecule has 0 saturated carbocycles. The van der Waals surface area contributed by atoms with E-state index in [1.165, 1.54) is 13.2 Å². The monoisotopic (exact) mass is 473 g/mol. The van der Waals surface area contributed by atoms with Crippen molar-refractivity contribution in [2.75, 3.05) is 34.4 Å². The van der Waals surface area contributed by atoms with Crippen LogP contribution in [0.4, 0.5) is 0 Å². The van der Waals surface area contributed by atoms with E-state index in [1.54, 1.807) is 13.2 Å². The molecule has 3 aromatic rings. The second-order valence-corrected chi connectivity index (χ2v) is 8.33. The highest BCUT2D eigenvalue weighted by atomic mass is 79.9. The van der Waals surface area contributed by atoms with Crippen LogP contribution in [-0.4, -0.2) is 50.5 Å². The molecule has 2 aromatic carbocycles. The van der Waals surface area contributed by atoms with E-state index < -0.39 is 0 Å². The van der Waals surface area contributed by atoms with Crippen LogP contribution in [0.2, 0.25) is 0 Å². The van der Waals surface area contributed by atoms with Gasteiger partial charge in [-0.1, -0.05) is 34.1 Å². The molecule has 0 bridgehead atoms. The number of aliphatic hydroxyl groups is 1. The zero-order valence-electron chi connectivity index (χ0n) is 17.1. The zero-order valence-corrected chi connectivity index (χ0v) is 18.7. The molecule has 1 aliphatic heterocycles. The number of aliphatic hydroxyl groups excluding tert-OH is 1. The highest BCUT2D eigenvalue weighted by Gasteiger charge is 2.37. The van der Waals surface area contributed by atoms with E-state index >= 15 is 0 Å². The highest BCUT2D eigenvalue weighted by Crippen LogP contribution is 2.45. The molecular formula is C23H24BrNO5. The summed E-state index contributed by atoms with van der Waals surface area (Å²) in [6, 6.07) is 10.7. The molecule has 1 saturated heterocycles. The number of nitrogens with zero attached hydrogens (tertiary/aromatic N) is 1. The van der Waals surface area contributed by atoms with Gasteiger partial charge in [0.1, 0.15) is 28.2 Å². The number of benzene rings is 2. The second-order valence-electron chi connectivity index (χ2n) is 7.48. The molecule has 2 atom stereocenters. The van der Waals surface area contributed by atoms with Gasteiger partial charge in [-0.3, -0.25) is 4.79 Å². The fourth-order valence-corrected chi connectivity index (χ4v) is 4.86. The molecule has 2 unspecified atom stereocenters. The Kier molecular flexibility index (Phi) is 5.86. The Balaban J connectivity index is 2.07. The lowest BCUT2D eigenvalue weighted by molar-refractivity contribution is 0.171. The number of ether oxygens (including phenoxy) is 2. The Morgan fingerprint density at radius 1 is 1.20 bits per heavy atom. The number of fused-ring (bicyclic) bond motifs is 1. The summed E-state index contributed by atoms with van der Waals surface area (Å²) in [6.45, 7) is 0.840. The molecule has 2 heterocycles. The van der Waals surface area contributed by atoms with Gasteiger partial charge in [-0.15, -0.1) is 0 Å². The fraction of sp³-hybridized carbons (Fsp3) is 0.348. The predicted molar refractivity (Wildman–Crippen MR) is 120 cm³/mol. The summed E-state index contributed by atoms with van der Waals surface area (Å²) in [5.41, 5.74) is 1.84. The first-order valence-electron chi connectivity index (χ1n) is 9.78. The summed E-state index contributed by atoms with van der Waals surface area (Å²) in [5.74, 6) is 1.42. The Morgan fingerprint density at radius 3 is 2.60 bits per heavy atom. The van der Waals surface area contributed by atoms with Gasteiger partial charge in [0.05, 0.1) is 20.8 Å². The largest absolute Gasteiger partial charge is 0.496 e. The summed E-state index contributed by atoms with van der Waals surface area (Å²) in [6.07, 6.45) is 0.822. The number of hydrogen-bond donors (Lipinski definition) is 1. The minimum absolute atomic E-state index is 0.00595. The van der Waals surface area contributed by atoms with E-state index in [1.807, 2.05) is 31.3 Å². The van der Waals surface area contributed by atoms with Crippen molar-refractivity contribution in [3.05, 3.63) is 56.7 Å². The smallest absolute Gasteiger partial charge is 0.197 e. The molecule has 0 spiro atoms. The van der Waals surface area contributed by atoms with E-state index in [4.69, 9.17) is 13.9 Å². The number of methoxy groups -OCH3 is 2. The van der Waals surface area contributed by atoms with Crippen LogP contribution < -0.4 is 14.9 Å². The van der Waals surface area contributed by atoms with Crippen LogP contribution in [0, 0.1) is 0 Å². The van der Waals surface area contributed by atoms with Crippen LogP contribution in [0.3, 0.4) is 0 Å². The third kappa shape index (κ3) is 3.41. The zero-order chi connectivity index (χ0) is 21.4. The van der Waals surface area contributed by atoms with Crippen LogP contribution in [0.5, 0.6) is 11.5 Å². The minimum Gasteiger partial charge on any atom is -0.496 e. The topological polar surface area (TPSA) is 72.1 Å². The Hall–Kier alpha value is -2.35. The van der Waals surface area contributed by atoms with Crippen LogP contribution >= 0.6 is 15.9 Å². The molecule has 6 nitrogen and oxygen atoms in total. The van der Waals surface area contributed by atoms with Crippen LogP contribution in [0.1, 0.15) is 17.9 Å². The normalized spacial score (nSPS) is 19.4. The average molecular weight is 474 g/mol. The maximum Gasteiger partial charge on any atom is 0.197 e. The van der Waals surface area contributed by atoms with Gasteiger partial charge in [0.25, 0.3) is 0 Å². The SMILES string of the molecule is COc1cc(OC)c2c(=O)cc(-c3ccccc3Br)oc2c1C1CCN(C)C1CO. The summed E-state index contributed by atoms with van der Waals surface area (Å²) >= 11 is 3.54. The van der Waals surface area contributed by atoms with Crippen LogP contribution in [0.15, 0.2) is 50.1 Å². The summed E-state index contributed by atoms with van der Waals surface area (Å²) in [7, 11) is 5.10. The molecule has 158 valence electrons.